The molecule has 224 valence electrons. The lowest BCUT2D eigenvalue weighted by atomic mass is 10.1. The fourth-order valence-corrected chi connectivity index (χ4v) is 5.34. The highest BCUT2D eigenvalue weighted by Gasteiger charge is 2.23. The topological polar surface area (TPSA) is 98.9 Å². The number of H-pyrrole nitrogens is 1. The van der Waals surface area contributed by atoms with Crippen molar-refractivity contribution in [3.8, 4) is 11.3 Å². The van der Waals surface area contributed by atoms with Crippen LogP contribution in [-0.2, 0) is 14.1 Å². The number of hydrogen-bond acceptors (Lipinski definition) is 4. The van der Waals surface area contributed by atoms with Gasteiger partial charge in [0.15, 0.2) is 6.20 Å². The van der Waals surface area contributed by atoms with E-state index in [1.165, 1.54) is 0 Å². The summed E-state index contributed by atoms with van der Waals surface area (Å²) in [6, 6.07) is 16.5. The van der Waals surface area contributed by atoms with Gasteiger partial charge in [0.1, 0.15) is 12.7 Å². The summed E-state index contributed by atoms with van der Waals surface area (Å²) < 4.78 is 3.87. The highest BCUT2D eigenvalue weighted by molar-refractivity contribution is 6.18. The van der Waals surface area contributed by atoms with Gasteiger partial charge in [-0.3, -0.25) is 9.59 Å². The van der Waals surface area contributed by atoms with Crippen LogP contribution in [0, 0.1) is 6.92 Å². The first-order valence-corrected chi connectivity index (χ1v) is 14.5. The van der Waals surface area contributed by atoms with Crippen LogP contribution < -0.4 is 32.5 Å². The lowest BCUT2D eigenvalue weighted by Gasteiger charge is -2.23. The van der Waals surface area contributed by atoms with Crippen molar-refractivity contribution in [2.45, 2.75) is 6.92 Å². The zero-order valence-corrected chi connectivity index (χ0v) is 26.3. The molecule has 0 aliphatic rings. The molecule has 0 aliphatic heterocycles. The molecule has 0 atom stereocenters. The largest absolute Gasteiger partial charge is 1.00 e. The monoisotopic (exact) mass is 639 g/mol. The summed E-state index contributed by atoms with van der Waals surface area (Å²) in [6.07, 6.45) is 5.41. The highest BCUT2D eigenvalue weighted by atomic mass is 35.5. The van der Waals surface area contributed by atoms with Crippen molar-refractivity contribution < 1.29 is 26.6 Å². The molecule has 12 heteroatoms. The molecular weight excluding hydrogens is 609 g/mol. The summed E-state index contributed by atoms with van der Waals surface area (Å²) in [5.74, 6) is 0.468. The molecule has 0 unspecified atom stereocenters. The Morgan fingerprint density at radius 1 is 0.977 bits per heavy atom. The number of aryl methyl sites for hydroxylation is 2. The van der Waals surface area contributed by atoms with Gasteiger partial charge in [-0.15, -0.1) is 23.2 Å². The molecule has 5 rings (SSSR count). The van der Waals surface area contributed by atoms with Crippen molar-refractivity contribution >= 4 is 63.1 Å². The number of imidazole rings is 1. The van der Waals surface area contributed by atoms with Crippen molar-refractivity contribution in [3.63, 3.8) is 0 Å². The van der Waals surface area contributed by atoms with Gasteiger partial charge in [0.2, 0.25) is 5.69 Å². The van der Waals surface area contributed by atoms with Crippen LogP contribution in [0.3, 0.4) is 0 Å². The Hall–Kier alpha value is -4.05. The fourth-order valence-electron chi connectivity index (χ4n) is 4.93. The molecule has 0 saturated carbocycles. The zero-order chi connectivity index (χ0) is 29.8. The van der Waals surface area contributed by atoms with Gasteiger partial charge in [0.05, 0.1) is 28.7 Å². The number of amides is 2. The Morgan fingerprint density at radius 2 is 1.65 bits per heavy atom. The van der Waals surface area contributed by atoms with Gasteiger partial charge in [-0.2, -0.15) is 0 Å². The van der Waals surface area contributed by atoms with E-state index in [0.29, 0.717) is 47.4 Å². The molecule has 0 radical (unpaired) electrons. The molecule has 3 N–H and O–H groups in total. The number of pyridine rings is 1. The number of benzene rings is 2. The van der Waals surface area contributed by atoms with Crippen LogP contribution in [0.4, 0.5) is 17.1 Å². The van der Waals surface area contributed by atoms with Gasteiger partial charge in [-0.05, 0) is 48.5 Å². The van der Waals surface area contributed by atoms with E-state index in [1.807, 2.05) is 72.9 Å². The van der Waals surface area contributed by atoms with E-state index >= 15 is 0 Å². The fraction of sp³-hybridized carbons (Fsp3) is 0.226. The van der Waals surface area contributed by atoms with E-state index in [2.05, 4.69) is 25.5 Å². The van der Waals surface area contributed by atoms with Gasteiger partial charge in [-0.1, -0.05) is 0 Å². The van der Waals surface area contributed by atoms with Crippen molar-refractivity contribution in [1.29, 1.82) is 0 Å². The summed E-state index contributed by atoms with van der Waals surface area (Å²) in [5, 5.41) is 6.18. The lowest BCUT2D eigenvalue weighted by Crippen LogP contribution is -3.00. The second-order valence-corrected chi connectivity index (χ2v) is 10.7. The Bertz CT molecular complexity index is 1740. The number of rotatable bonds is 10. The average molecular weight is 641 g/mol. The normalized spacial score (nSPS) is 10.8. The van der Waals surface area contributed by atoms with Crippen molar-refractivity contribution in [3.05, 3.63) is 90.1 Å². The van der Waals surface area contributed by atoms with Crippen LogP contribution in [0.1, 0.15) is 26.4 Å². The molecule has 0 spiro atoms. The quantitative estimate of drug-likeness (QED) is 0.161. The molecular formula is C31H32Cl3N7O2. The van der Waals surface area contributed by atoms with Crippen LogP contribution in [0.5, 0.6) is 0 Å². The van der Waals surface area contributed by atoms with Crippen LogP contribution in [0.15, 0.2) is 73.3 Å². The number of anilines is 3. The van der Waals surface area contributed by atoms with E-state index in [9.17, 15) is 9.59 Å². The minimum atomic E-state index is -0.251. The van der Waals surface area contributed by atoms with Crippen molar-refractivity contribution in [2.75, 3.05) is 40.4 Å². The summed E-state index contributed by atoms with van der Waals surface area (Å²) in [4.78, 5) is 36.1. The molecule has 3 heterocycles. The number of nitrogens with zero attached hydrogens (tertiary/aromatic N) is 4. The predicted molar refractivity (Wildman–Crippen MR) is 169 cm³/mol. The highest BCUT2D eigenvalue weighted by Crippen LogP contribution is 2.35. The summed E-state index contributed by atoms with van der Waals surface area (Å²) in [6.45, 7) is 3.27. The van der Waals surface area contributed by atoms with Gasteiger partial charge in [0.25, 0.3) is 11.8 Å². The number of hydrogen-bond donors (Lipinski definition) is 3. The average Bonchev–Trinajstić information content (AvgIpc) is 3.61. The number of carbonyl (C=O) groups is 2. The second kappa shape index (κ2) is 13.9. The second-order valence-electron chi connectivity index (χ2n) is 9.94. The Morgan fingerprint density at radius 3 is 2.35 bits per heavy atom. The molecule has 2 aromatic carbocycles. The molecule has 5 aromatic rings. The maximum atomic E-state index is 13.4. The molecule has 43 heavy (non-hydrogen) atoms. The third-order valence-corrected chi connectivity index (χ3v) is 7.66. The first-order chi connectivity index (χ1) is 20.3. The minimum absolute atomic E-state index is 0. The minimum Gasteiger partial charge on any atom is -1.00 e. The number of alkyl halides is 2. The summed E-state index contributed by atoms with van der Waals surface area (Å²) in [7, 11) is 3.83. The summed E-state index contributed by atoms with van der Waals surface area (Å²) >= 11 is 11.9. The molecule has 0 fully saturated rings. The number of halogens is 3. The maximum Gasteiger partial charge on any atom is 0.255 e. The third-order valence-electron chi connectivity index (χ3n) is 7.33. The molecule has 0 aliphatic carbocycles. The number of aromatic nitrogens is 4. The van der Waals surface area contributed by atoms with Gasteiger partial charge < -0.3 is 37.5 Å². The van der Waals surface area contributed by atoms with Gasteiger partial charge in [-0.25, -0.2) is 9.55 Å². The third kappa shape index (κ3) is 6.80. The van der Waals surface area contributed by atoms with Gasteiger partial charge in [0, 0.05) is 73.5 Å². The molecule has 9 nitrogen and oxygen atoms in total. The van der Waals surface area contributed by atoms with E-state index in [-0.39, 0.29) is 24.2 Å². The number of aromatic amines is 1. The van der Waals surface area contributed by atoms with Crippen molar-refractivity contribution in [1.82, 2.24) is 14.5 Å². The van der Waals surface area contributed by atoms with E-state index < -0.39 is 0 Å². The Labute approximate surface area is 266 Å². The molecule has 0 bridgehead atoms. The SMILES string of the molecule is Cc1c(NC(=O)c2ccc3nc[nH]c3c2)c(-c2c(NC(=O)c3ccc(N(CCCl)CCCl)cc3)ccn2C)cc[n+]1C.[Cl-]. The number of fused-ring (bicyclic) bond motifs is 1. The van der Waals surface area contributed by atoms with Crippen LogP contribution in [0.25, 0.3) is 22.3 Å². The Kier molecular flexibility index (Phi) is 10.3. The van der Waals surface area contributed by atoms with E-state index in [0.717, 1.165) is 33.7 Å². The lowest BCUT2D eigenvalue weighted by molar-refractivity contribution is -0.676. The number of carbonyl (C=O) groups excluding carboxylic acids is 2. The number of nitrogens with one attached hydrogen (secondary N) is 3. The smallest absolute Gasteiger partial charge is 0.255 e. The maximum absolute atomic E-state index is 13.4. The first kappa shape index (κ1) is 31.9. The molecule has 2 amide bonds. The van der Waals surface area contributed by atoms with E-state index in [4.69, 9.17) is 23.2 Å². The van der Waals surface area contributed by atoms with Crippen molar-refractivity contribution in [2.24, 2.45) is 14.1 Å². The predicted octanol–water partition coefficient (Wildman–Crippen LogP) is 2.49. The first-order valence-electron chi connectivity index (χ1n) is 13.5. The van der Waals surface area contributed by atoms with Gasteiger partial charge >= 0.3 is 0 Å². The Balaban J connectivity index is 0.00000423. The standard InChI is InChI=1S/C31H31Cl2N7O2.ClH/c1-20-28(37-31(42)22-6-9-25-27(18-22)35-19-34-25)24(10-14-38(20)2)29-26(11-15-39(29)3)36-30(41)21-4-7-23(8-5-21)40(16-12-32)17-13-33;/h4-11,14-15,18-19H,12-13,16-17H2,1-3H3,(H2,34,35,37,42);1H. The molecule has 3 aromatic heterocycles. The van der Waals surface area contributed by atoms with Crippen LogP contribution in [-0.4, -0.2) is 51.2 Å². The molecule has 0 saturated heterocycles. The van der Waals surface area contributed by atoms with E-state index in [1.54, 1.807) is 30.6 Å². The van der Waals surface area contributed by atoms with Crippen LogP contribution >= 0.6 is 23.2 Å². The zero-order valence-electron chi connectivity index (χ0n) is 24.0. The summed E-state index contributed by atoms with van der Waals surface area (Å²) in [5.41, 5.74) is 7.21. The van der Waals surface area contributed by atoms with Crippen LogP contribution in [0.2, 0.25) is 0 Å².